The van der Waals surface area contributed by atoms with Crippen molar-refractivity contribution >= 4 is 5.91 Å². The molecule has 0 spiro atoms. The molecule has 0 unspecified atom stereocenters. The minimum atomic E-state index is -0.611. The highest BCUT2D eigenvalue weighted by molar-refractivity contribution is 5.94. The molecule has 0 aliphatic heterocycles. The van der Waals surface area contributed by atoms with Gasteiger partial charge in [-0.3, -0.25) is 4.79 Å². The van der Waals surface area contributed by atoms with Crippen molar-refractivity contribution in [2.75, 3.05) is 6.54 Å². The molecule has 1 N–H and O–H groups in total. The van der Waals surface area contributed by atoms with E-state index >= 15 is 0 Å². The van der Waals surface area contributed by atoms with Crippen molar-refractivity contribution in [2.24, 2.45) is 0 Å². The molecule has 4 heteroatoms. The predicted molar refractivity (Wildman–Crippen MR) is 51.2 cm³/mol. The Morgan fingerprint density at radius 3 is 3.00 bits per heavy atom. The third-order valence-electron chi connectivity index (χ3n) is 1.69. The average molecular weight is 194 g/mol. The number of carbonyl (C=O) groups excluding carboxylic acids is 1. The van der Waals surface area contributed by atoms with Gasteiger partial charge in [0, 0.05) is 13.5 Å². The zero-order chi connectivity index (χ0) is 10.6. The van der Waals surface area contributed by atoms with Crippen LogP contribution in [0.3, 0.4) is 0 Å². The minimum absolute atomic E-state index is 0. The summed E-state index contributed by atoms with van der Waals surface area (Å²) in [5, 5.41) is 11.1. The van der Waals surface area contributed by atoms with E-state index in [1.807, 2.05) is 0 Å². The number of halogens is 1. The van der Waals surface area contributed by atoms with Gasteiger partial charge in [0.05, 0.1) is 5.56 Å². The summed E-state index contributed by atoms with van der Waals surface area (Å²) in [4.78, 5) is 11.3. The van der Waals surface area contributed by atoms with Crippen molar-refractivity contribution in [3.8, 4) is 6.07 Å². The third kappa shape index (κ3) is 2.07. The van der Waals surface area contributed by atoms with Gasteiger partial charge in [0.25, 0.3) is 5.91 Å². The number of benzene rings is 1. The highest BCUT2D eigenvalue weighted by Gasteiger charge is 2.07. The third-order valence-corrected chi connectivity index (χ3v) is 1.69. The normalized spacial score (nSPS) is 9.21. The lowest BCUT2D eigenvalue weighted by Gasteiger charge is -2.02. The molecule has 0 heterocycles. The number of hydrogen-bond donors (Lipinski definition) is 1. The summed E-state index contributed by atoms with van der Waals surface area (Å²) in [7, 11) is 0. The van der Waals surface area contributed by atoms with Crippen LogP contribution in [0.15, 0.2) is 18.2 Å². The van der Waals surface area contributed by atoms with Crippen LogP contribution in [-0.2, 0) is 0 Å². The molecule has 1 rings (SSSR count). The van der Waals surface area contributed by atoms with Crippen molar-refractivity contribution in [1.29, 1.82) is 5.26 Å². The summed E-state index contributed by atoms with van der Waals surface area (Å²) in [6, 6.07) is 5.38. The monoisotopic (exact) mass is 194 g/mol. The molecule has 0 aromatic heterocycles. The molecule has 0 saturated heterocycles. The van der Waals surface area contributed by atoms with Crippen molar-refractivity contribution in [3.63, 3.8) is 0 Å². The number of nitrogens with one attached hydrogen (secondary N) is 1. The van der Waals surface area contributed by atoms with Crippen LogP contribution in [0.4, 0.5) is 4.39 Å². The largest absolute Gasteiger partial charge is 0.352 e. The van der Waals surface area contributed by atoms with E-state index in [-0.39, 0.29) is 12.9 Å². The van der Waals surface area contributed by atoms with E-state index in [2.05, 4.69) is 5.32 Å². The van der Waals surface area contributed by atoms with Gasteiger partial charge in [-0.05, 0) is 25.1 Å². The van der Waals surface area contributed by atoms with Gasteiger partial charge in [0.1, 0.15) is 11.9 Å². The number of rotatable bonds is 2. The Morgan fingerprint density at radius 1 is 1.71 bits per heavy atom. The molecule has 1 aromatic carbocycles. The van der Waals surface area contributed by atoms with Gasteiger partial charge in [0.2, 0.25) is 0 Å². The fraction of sp³-hybridized carbons (Fsp3) is 0.200. The molecule has 1 aromatic rings. The van der Waals surface area contributed by atoms with Crippen LogP contribution in [0.1, 0.15) is 24.3 Å². The topological polar surface area (TPSA) is 52.9 Å². The van der Waals surface area contributed by atoms with E-state index in [0.29, 0.717) is 12.1 Å². The highest BCUT2D eigenvalue weighted by atomic mass is 19.1. The predicted octanol–water partition coefficient (Wildman–Crippen LogP) is 1.69. The fourth-order valence-electron chi connectivity index (χ4n) is 1.01. The molecule has 74 valence electrons. The first-order valence-corrected chi connectivity index (χ1v) is 4.17. The van der Waals surface area contributed by atoms with Gasteiger partial charge in [-0.2, -0.15) is 5.26 Å². The second-order valence-electron chi connectivity index (χ2n) is 2.67. The number of nitriles is 1. The fourth-order valence-corrected chi connectivity index (χ4v) is 1.01. The summed E-state index contributed by atoms with van der Waals surface area (Å²) < 4.78 is 12.9. The van der Waals surface area contributed by atoms with Crippen molar-refractivity contribution in [1.82, 2.24) is 5.32 Å². The summed E-state index contributed by atoms with van der Waals surface area (Å²) in [5.41, 5.74) is 0.179. The summed E-state index contributed by atoms with van der Waals surface area (Å²) >= 11 is 0. The molecule has 0 atom stereocenters. The van der Waals surface area contributed by atoms with Crippen molar-refractivity contribution < 1.29 is 10.6 Å². The van der Waals surface area contributed by atoms with Gasteiger partial charge < -0.3 is 5.32 Å². The number of nitrogens with zero attached hydrogens (tertiary/aromatic N) is 1. The Hall–Kier alpha value is -1.89. The minimum Gasteiger partial charge on any atom is -0.352 e. The van der Waals surface area contributed by atoms with Crippen LogP contribution in [0.2, 0.25) is 0 Å². The van der Waals surface area contributed by atoms with E-state index in [1.165, 1.54) is 12.1 Å². The van der Waals surface area contributed by atoms with E-state index in [4.69, 9.17) is 5.26 Å². The Balaban J connectivity index is 0.00000196. The lowest BCUT2D eigenvalue weighted by Crippen LogP contribution is -2.22. The zero-order valence-corrected chi connectivity index (χ0v) is 7.67. The van der Waals surface area contributed by atoms with Crippen LogP contribution >= 0.6 is 0 Å². The second-order valence-corrected chi connectivity index (χ2v) is 2.67. The molecule has 0 radical (unpaired) electrons. The van der Waals surface area contributed by atoms with E-state index in [1.54, 1.807) is 13.0 Å². The van der Waals surface area contributed by atoms with Gasteiger partial charge in [0.15, 0.2) is 0 Å². The van der Waals surface area contributed by atoms with Crippen LogP contribution in [-0.4, -0.2) is 12.5 Å². The van der Waals surface area contributed by atoms with E-state index in [0.717, 1.165) is 6.07 Å². The molecular formula is C10H11FN2O. The van der Waals surface area contributed by atoms with Crippen LogP contribution < -0.4 is 5.32 Å². The molecule has 14 heavy (non-hydrogen) atoms. The van der Waals surface area contributed by atoms with Crippen LogP contribution in [0, 0.1) is 17.1 Å². The Labute approximate surface area is 82.6 Å². The second kappa shape index (κ2) is 4.38. The maximum absolute atomic E-state index is 12.9. The number of amides is 1. The van der Waals surface area contributed by atoms with Crippen molar-refractivity contribution in [2.45, 2.75) is 6.92 Å². The van der Waals surface area contributed by atoms with Gasteiger partial charge in [-0.25, -0.2) is 4.39 Å². The maximum atomic E-state index is 12.9. The first-order valence-electron chi connectivity index (χ1n) is 4.17. The zero-order valence-electron chi connectivity index (χ0n) is 7.67. The number of carbonyl (C=O) groups is 1. The standard InChI is InChI=1S/C10H9FN2O.H2/c1-2-13-10(14)7-3-4-9(11)8(5-7)6-12;/h3-5H,2H2,1H3,(H,13,14);1H. The first-order chi connectivity index (χ1) is 6.69. The Bertz CT molecular complexity index is 401. The average Bonchev–Trinajstić information content (AvgIpc) is 2.19. The molecule has 0 aliphatic rings. The molecule has 0 aliphatic carbocycles. The smallest absolute Gasteiger partial charge is 0.251 e. The molecular weight excluding hydrogens is 183 g/mol. The molecule has 1 amide bonds. The lowest BCUT2D eigenvalue weighted by atomic mass is 10.1. The lowest BCUT2D eigenvalue weighted by molar-refractivity contribution is 0.0956. The van der Waals surface area contributed by atoms with Crippen LogP contribution in [0.25, 0.3) is 0 Å². The van der Waals surface area contributed by atoms with Crippen molar-refractivity contribution in [3.05, 3.63) is 35.1 Å². The summed E-state index contributed by atoms with van der Waals surface area (Å²) in [6.45, 7) is 2.28. The van der Waals surface area contributed by atoms with E-state index in [9.17, 15) is 9.18 Å². The Morgan fingerprint density at radius 2 is 2.43 bits per heavy atom. The summed E-state index contributed by atoms with van der Waals surface area (Å²) in [6.07, 6.45) is 0. The molecule has 0 bridgehead atoms. The SMILES string of the molecule is CCNC(=O)c1ccc(F)c(C#N)c1.[HH]. The van der Waals surface area contributed by atoms with Crippen LogP contribution in [0.5, 0.6) is 0 Å². The molecule has 3 nitrogen and oxygen atoms in total. The van der Waals surface area contributed by atoms with Gasteiger partial charge in [-0.1, -0.05) is 0 Å². The summed E-state index contributed by atoms with van der Waals surface area (Å²) in [5.74, 6) is -0.912. The number of hydrogen-bond acceptors (Lipinski definition) is 2. The molecule has 0 fully saturated rings. The van der Waals surface area contributed by atoms with Gasteiger partial charge >= 0.3 is 0 Å². The maximum Gasteiger partial charge on any atom is 0.251 e. The van der Waals surface area contributed by atoms with Gasteiger partial charge in [-0.15, -0.1) is 0 Å². The quantitative estimate of drug-likeness (QED) is 0.778. The van der Waals surface area contributed by atoms with E-state index < -0.39 is 5.82 Å². The highest BCUT2D eigenvalue weighted by Crippen LogP contribution is 2.09. The first kappa shape index (κ1) is 10.2. The Kier molecular flexibility index (Phi) is 3.19. The molecule has 0 saturated carbocycles.